The summed E-state index contributed by atoms with van der Waals surface area (Å²) in [6.07, 6.45) is 1.65. The molecule has 1 aromatic carbocycles. The number of aromatic nitrogens is 2. The van der Waals surface area contributed by atoms with Gasteiger partial charge in [-0.1, -0.05) is 23.7 Å². The number of aryl methyl sites for hydroxylation is 1. The minimum absolute atomic E-state index is 0.0143. The Labute approximate surface area is 134 Å². The van der Waals surface area contributed by atoms with Gasteiger partial charge >= 0.3 is 0 Å². The number of piperazine rings is 1. The Morgan fingerprint density at radius 1 is 1.45 bits per heavy atom. The van der Waals surface area contributed by atoms with Crippen molar-refractivity contribution in [1.82, 2.24) is 20.0 Å². The van der Waals surface area contributed by atoms with Crippen LogP contribution in [-0.2, 0) is 7.05 Å². The van der Waals surface area contributed by atoms with E-state index in [1.165, 1.54) is 0 Å². The Balaban J connectivity index is 1.93. The van der Waals surface area contributed by atoms with E-state index in [9.17, 15) is 4.79 Å². The van der Waals surface area contributed by atoms with E-state index >= 15 is 0 Å². The van der Waals surface area contributed by atoms with Crippen molar-refractivity contribution in [3.8, 4) is 0 Å². The van der Waals surface area contributed by atoms with E-state index in [-0.39, 0.29) is 11.9 Å². The lowest BCUT2D eigenvalue weighted by atomic mass is 10.0. The Morgan fingerprint density at radius 2 is 2.27 bits per heavy atom. The molecule has 22 heavy (non-hydrogen) atoms. The molecule has 3 rings (SSSR count). The van der Waals surface area contributed by atoms with Crippen LogP contribution < -0.4 is 5.32 Å². The molecule has 116 valence electrons. The van der Waals surface area contributed by atoms with Gasteiger partial charge in [-0.3, -0.25) is 9.48 Å². The van der Waals surface area contributed by atoms with Crippen LogP contribution in [0, 0.1) is 6.92 Å². The molecule has 1 fully saturated rings. The number of rotatable bonds is 2. The molecule has 1 saturated heterocycles. The van der Waals surface area contributed by atoms with Crippen LogP contribution in [0.3, 0.4) is 0 Å². The van der Waals surface area contributed by atoms with Crippen molar-refractivity contribution in [2.75, 3.05) is 19.6 Å². The lowest BCUT2D eigenvalue weighted by Crippen LogP contribution is -2.48. The first-order valence-corrected chi connectivity index (χ1v) is 7.71. The van der Waals surface area contributed by atoms with Crippen LogP contribution in [0.2, 0.25) is 5.02 Å². The van der Waals surface area contributed by atoms with Gasteiger partial charge in [0.05, 0.1) is 17.8 Å². The number of halogens is 1. The van der Waals surface area contributed by atoms with Gasteiger partial charge in [-0.05, 0) is 24.6 Å². The number of nitrogens with zero attached hydrogens (tertiary/aromatic N) is 3. The number of carbonyl (C=O) groups excluding carboxylic acids is 1. The van der Waals surface area contributed by atoms with Gasteiger partial charge in [0.2, 0.25) is 0 Å². The first-order chi connectivity index (χ1) is 10.6. The highest BCUT2D eigenvalue weighted by molar-refractivity contribution is 6.30. The van der Waals surface area contributed by atoms with E-state index < -0.39 is 0 Å². The van der Waals surface area contributed by atoms with Crippen molar-refractivity contribution in [3.63, 3.8) is 0 Å². The molecule has 6 heteroatoms. The largest absolute Gasteiger partial charge is 0.329 e. The highest BCUT2D eigenvalue weighted by Gasteiger charge is 2.30. The van der Waals surface area contributed by atoms with Crippen molar-refractivity contribution in [2.24, 2.45) is 7.05 Å². The number of carbonyl (C=O) groups is 1. The average Bonchev–Trinajstić information content (AvgIpc) is 2.86. The predicted octanol–water partition coefficient (Wildman–Crippen LogP) is 2.17. The van der Waals surface area contributed by atoms with Crippen molar-refractivity contribution in [1.29, 1.82) is 0 Å². The molecule has 1 unspecified atom stereocenters. The van der Waals surface area contributed by atoms with Gasteiger partial charge in [0, 0.05) is 37.4 Å². The number of amides is 1. The fourth-order valence-corrected chi connectivity index (χ4v) is 3.02. The number of benzene rings is 1. The van der Waals surface area contributed by atoms with E-state index in [1.54, 1.807) is 10.9 Å². The second kappa shape index (κ2) is 6.10. The van der Waals surface area contributed by atoms with E-state index in [1.807, 2.05) is 43.1 Å². The third kappa shape index (κ3) is 2.74. The zero-order valence-corrected chi connectivity index (χ0v) is 13.5. The Hall–Kier alpha value is -1.85. The van der Waals surface area contributed by atoms with Crippen LogP contribution in [0.5, 0.6) is 0 Å². The molecule has 1 aliphatic heterocycles. The molecule has 0 saturated carbocycles. The van der Waals surface area contributed by atoms with Gasteiger partial charge < -0.3 is 10.2 Å². The molecule has 1 atom stereocenters. The van der Waals surface area contributed by atoms with Crippen LogP contribution in [-0.4, -0.2) is 40.2 Å². The Bertz CT molecular complexity index is 697. The van der Waals surface area contributed by atoms with Crippen LogP contribution in [0.4, 0.5) is 0 Å². The molecule has 1 N–H and O–H groups in total. The molecule has 2 heterocycles. The van der Waals surface area contributed by atoms with Gasteiger partial charge in [0.25, 0.3) is 5.91 Å². The van der Waals surface area contributed by atoms with Crippen molar-refractivity contribution in [2.45, 2.75) is 13.0 Å². The highest BCUT2D eigenvalue weighted by atomic mass is 35.5. The highest BCUT2D eigenvalue weighted by Crippen LogP contribution is 2.26. The number of hydrogen-bond acceptors (Lipinski definition) is 3. The maximum Gasteiger partial charge on any atom is 0.257 e. The molecule has 2 aromatic rings. The summed E-state index contributed by atoms with van der Waals surface area (Å²) in [6.45, 7) is 4.11. The normalized spacial score (nSPS) is 18.5. The van der Waals surface area contributed by atoms with Gasteiger partial charge in [-0.25, -0.2) is 0 Å². The first kappa shape index (κ1) is 15.1. The van der Waals surface area contributed by atoms with E-state index in [0.717, 1.165) is 24.3 Å². The van der Waals surface area contributed by atoms with Crippen molar-refractivity contribution >= 4 is 17.5 Å². The number of hydrogen-bond donors (Lipinski definition) is 1. The second-order valence-electron chi connectivity index (χ2n) is 5.54. The molecule has 0 bridgehead atoms. The maximum absolute atomic E-state index is 12.9. The first-order valence-electron chi connectivity index (χ1n) is 7.33. The summed E-state index contributed by atoms with van der Waals surface area (Å²) in [5.41, 5.74) is 2.60. The molecule has 0 radical (unpaired) electrons. The summed E-state index contributed by atoms with van der Waals surface area (Å²) >= 11 is 6.10. The second-order valence-corrected chi connectivity index (χ2v) is 5.98. The SMILES string of the molecule is Cc1c(C(=O)N2CCNCC2c2cccc(Cl)c2)cnn1C. The molecule has 5 nitrogen and oxygen atoms in total. The minimum atomic E-state index is -0.0143. The van der Waals surface area contributed by atoms with E-state index in [0.29, 0.717) is 17.1 Å². The zero-order chi connectivity index (χ0) is 15.7. The monoisotopic (exact) mass is 318 g/mol. The topological polar surface area (TPSA) is 50.2 Å². The summed E-state index contributed by atoms with van der Waals surface area (Å²) < 4.78 is 1.73. The fourth-order valence-electron chi connectivity index (χ4n) is 2.82. The average molecular weight is 319 g/mol. The standard InChI is InChI=1S/C16H19ClN4O/c1-11-14(9-19-20(11)2)16(22)21-7-6-18-10-15(21)12-4-3-5-13(17)8-12/h3-5,8-9,15,18H,6-7,10H2,1-2H3. The van der Waals surface area contributed by atoms with Crippen LogP contribution in [0.25, 0.3) is 0 Å². The summed E-state index contributed by atoms with van der Waals surface area (Å²) in [7, 11) is 1.85. The van der Waals surface area contributed by atoms with E-state index in [4.69, 9.17) is 11.6 Å². The summed E-state index contributed by atoms with van der Waals surface area (Å²) in [6, 6.07) is 7.69. The predicted molar refractivity (Wildman–Crippen MR) is 86.0 cm³/mol. The molecular formula is C16H19ClN4O. The molecule has 1 aliphatic rings. The summed E-state index contributed by atoms with van der Waals surface area (Å²) in [5.74, 6) is 0.0251. The Morgan fingerprint density at radius 3 is 2.95 bits per heavy atom. The van der Waals surface area contributed by atoms with Gasteiger partial charge in [0.15, 0.2) is 0 Å². The maximum atomic E-state index is 12.9. The third-order valence-electron chi connectivity index (χ3n) is 4.20. The van der Waals surface area contributed by atoms with Gasteiger partial charge in [0.1, 0.15) is 0 Å². The smallest absolute Gasteiger partial charge is 0.257 e. The quantitative estimate of drug-likeness (QED) is 0.923. The molecular weight excluding hydrogens is 300 g/mol. The van der Waals surface area contributed by atoms with Crippen molar-refractivity contribution in [3.05, 3.63) is 52.3 Å². The van der Waals surface area contributed by atoms with Crippen LogP contribution in [0.1, 0.15) is 27.7 Å². The fraction of sp³-hybridized carbons (Fsp3) is 0.375. The summed E-state index contributed by atoms with van der Waals surface area (Å²) in [4.78, 5) is 14.8. The van der Waals surface area contributed by atoms with Crippen molar-refractivity contribution < 1.29 is 4.79 Å². The molecule has 0 aliphatic carbocycles. The molecule has 0 spiro atoms. The lowest BCUT2D eigenvalue weighted by molar-refractivity contribution is 0.0633. The van der Waals surface area contributed by atoms with Crippen LogP contribution >= 0.6 is 11.6 Å². The number of nitrogens with one attached hydrogen (secondary N) is 1. The molecule has 1 amide bonds. The lowest BCUT2D eigenvalue weighted by Gasteiger charge is -2.36. The van der Waals surface area contributed by atoms with Gasteiger partial charge in [-0.2, -0.15) is 5.10 Å². The minimum Gasteiger partial charge on any atom is -0.329 e. The summed E-state index contributed by atoms with van der Waals surface area (Å²) in [5, 5.41) is 8.22. The van der Waals surface area contributed by atoms with Crippen LogP contribution in [0.15, 0.2) is 30.5 Å². The van der Waals surface area contributed by atoms with E-state index in [2.05, 4.69) is 10.4 Å². The van der Waals surface area contributed by atoms with Gasteiger partial charge in [-0.15, -0.1) is 0 Å². The zero-order valence-electron chi connectivity index (χ0n) is 12.7. The third-order valence-corrected chi connectivity index (χ3v) is 4.44. The Kier molecular flexibility index (Phi) is 4.18. The molecule has 1 aromatic heterocycles.